The Morgan fingerprint density at radius 2 is 2.11 bits per heavy atom. The number of nitrogens with one attached hydrogen (secondary N) is 2. The largest absolute Gasteiger partial charge is 0.357 e. The molecule has 1 heterocycles. The zero-order valence-electron chi connectivity index (χ0n) is 9.91. The molecule has 1 aromatic heterocycles. The summed E-state index contributed by atoms with van der Waals surface area (Å²) in [4.78, 5) is 8.36. The van der Waals surface area contributed by atoms with E-state index in [0.717, 1.165) is 8.95 Å². The summed E-state index contributed by atoms with van der Waals surface area (Å²) in [6.07, 6.45) is 1.64. The van der Waals surface area contributed by atoms with Crippen molar-refractivity contribution in [2.24, 2.45) is 0 Å². The van der Waals surface area contributed by atoms with E-state index in [1.54, 1.807) is 19.3 Å². The summed E-state index contributed by atoms with van der Waals surface area (Å²) >= 11 is 6.71. The maximum Gasteiger partial charge on any atom is 0.224 e. The molecule has 7 heteroatoms. The zero-order valence-corrected chi connectivity index (χ0v) is 13.1. The fourth-order valence-electron chi connectivity index (χ4n) is 1.42. The third kappa shape index (κ3) is 3.22. The van der Waals surface area contributed by atoms with E-state index >= 15 is 0 Å². The fourth-order valence-corrected chi connectivity index (χ4v) is 2.07. The van der Waals surface area contributed by atoms with Gasteiger partial charge in [0.2, 0.25) is 5.95 Å². The number of hydrogen-bond acceptors (Lipinski definition) is 5. The molecule has 0 bridgehead atoms. The number of nitriles is 1. The van der Waals surface area contributed by atoms with Crippen molar-refractivity contribution in [3.8, 4) is 6.07 Å². The Hall–Kier alpha value is -1.65. The van der Waals surface area contributed by atoms with Crippen LogP contribution in [-0.4, -0.2) is 17.0 Å². The van der Waals surface area contributed by atoms with Crippen molar-refractivity contribution in [2.45, 2.75) is 0 Å². The molecule has 0 radical (unpaired) electrons. The molecular weight excluding hydrogens is 374 g/mol. The van der Waals surface area contributed by atoms with Crippen molar-refractivity contribution in [3.05, 3.63) is 38.9 Å². The lowest BCUT2D eigenvalue weighted by molar-refractivity contribution is 1.14. The minimum atomic E-state index is 0.501. The van der Waals surface area contributed by atoms with Crippen molar-refractivity contribution < 1.29 is 0 Å². The van der Waals surface area contributed by atoms with Crippen molar-refractivity contribution in [1.82, 2.24) is 9.97 Å². The van der Waals surface area contributed by atoms with E-state index in [4.69, 9.17) is 5.26 Å². The minimum Gasteiger partial charge on any atom is -0.357 e. The third-order valence-electron chi connectivity index (χ3n) is 2.32. The van der Waals surface area contributed by atoms with Crippen LogP contribution in [0.3, 0.4) is 0 Å². The van der Waals surface area contributed by atoms with Gasteiger partial charge in [0.05, 0.1) is 15.7 Å². The van der Waals surface area contributed by atoms with E-state index < -0.39 is 0 Å². The molecule has 0 amide bonds. The second kappa shape index (κ2) is 5.99. The van der Waals surface area contributed by atoms with Gasteiger partial charge in [0.15, 0.2) is 0 Å². The Bertz CT molecular complexity index is 651. The van der Waals surface area contributed by atoms with Crippen LogP contribution in [0.2, 0.25) is 0 Å². The monoisotopic (exact) mass is 381 g/mol. The number of hydrogen-bond donors (Lipinski definition) is 2. The Morgan fingerprint density at radius 3 is 2.79 bits per heavy atom. The van der Waals surface area contributed by atoms with Gasteiger partial charge in [0.25, 0.3) is 0 Å². The highest BCUT2D eigenvalue weighted by molar-refractivity contribution is 9.10. The van der Waals surface area contributed by atoms with Crippen LogP contribution >= 0.6 is 31.9 Å². The molecule has 19 heavy (non-hydrogen) atoms. The summed E-state index contributed by atoms with van der Waals surface area (Å²) in [7, 11) is 1.74. The number of benzene rings is 1. The van der Waals surface area contributed by atoms with Gasteiger partial charge in [0.1, 0.15) is 11.9 Å². The van der Waals surface area contributed by atoms with Gasteiger partial charge in [-0.3, -0.25) is 0 Å². The molecule has 0 unspecified atom stereocenters. The van der Waals surface area contributed by atoms with Gasteiger partial charge in [-0.15, -0.1) is 0 Å². The first-order chi connectivity index (χ1) is 9.13. The predicted octanol–water partition coefficient (Wildman–Crippen LogP) is 3.66. The number of nitrogens with zero attached hydrogens (tertiary/aromatic N) is 3. The molecular formula is C12H9Br2N5. The lowest BCUT2D eigenvalue weighted by Gasteiger charge is -2.10. The summed E-state index contributed by atoms with van der Waals surface area (Å²) < 4.78 is 1.57. The molecule has 0 aliphatic carbocycles. The van der Waals surface area contributed by atoms with Crippen molar-refractivity contribution in [3.63, 3.8) is 0 Å². The fraction of sp³-hybridized carbons (Fsp3) is 0.0833. The quantitative estimate of drug-likeness (QED) is 0.847. The Kier molecular flexibility index (Phi) is 4.35. The van der Waals surface area contributed by atoms with Crippen LogP contribution in [0.5, 0.6) is 0 Å². The maximum atomic E-state index is 9.12. The molecule has 0 saturated heterocycles. The summed E-state index contributed by atoms with van der Waals surface area (Å²) in [5, 5.41) is 15.1. The van der Waals surface area contributed by atoms with E-state index in [0.29, 0.717) is 23.0 Å². The van der Waals surface area contributed by atoms with Crippen LogP contribution < -0.4 is 10.6 Å². The van der Waals surface area contributed by atoms with E-state index in [-0.39, 0.29) is 0 Å². The summed E-state index contributed by atoms with van der Waals surface area (Å²) in [6.45, 7) is 0. The first-order valence-electron chi connectivity index (χ1n) is 5.31. The molecule has 0 aliphatic rings. The van der Waals surface area contributed by atoms with E-state index in [9.17, 15) is 0 Å². The molecule has 2 N–H and O–H groups in total. The average Bonchev–Trinajstić information content (AvgIpc) is 2.43. The maximum absolute atomic E-state index is 9.12. The van der Waals surface area contributed by atoms with Gasteiger partial charge in [-0.25, -0.2) is 4.98 Å². The molecule has 0 spiro atoms. The smallest absolute Gasteiger partial charge is 0.224 e. The van der Waals surface area contributed by atoms with Crippen LogP contribution in [0.15, 0.2) is 33.3 Å². The van der Waals surface area contributed by atoms with E-state index in [1.165, 1.54) is 0 Å². The Labute approximate surface area is 127 Å². The average molecular weight is 383 g/mol. The van der Waals surface area contributed by atoms with Crippen molar-refractivity contribution in [2.75, 3.05) is 17.7 Å². The molecule has 0 fully saturated rings. The highest BCUT2D eigenvalue weighted by Gasteiger charge is 2.08. The molecule has 0 atom stereocenters. The Morgan fingerprint density at radius 1 is 1.32 bits per heavy atom. The second-order valence-electron chi connectivity index (χ2n) is 3.57. The van der Waals surface area contributed by atoms with Crippen LogP contribution in [0.25, 0.3) is 0 Å². The van der Waals surface area contributed by atoms with Gasteiger partial charge >= 0.3 is 0 Å². The van der Waals surface area contributed by atoms with Crippen LogP contribution in [0.4, 0.5) is 17.5 Å². The Balaban J connectivity index is 2.39. The van der Waals surface area contributed by atoms with Gasteiger partial charge in [-0.05, 0) is 34.1 Å². The molecule has 2 rings (SSSR count). The van der Waals surface area contributed by atoms with Crippen LogP contribution in [-0.2, 0) is 0 Å². The topological polar surface area (TPSA) is 73.6 Å². The normalized spacial score (nSPS) is 9.79. The summed E-state index contributed by atoms with van der Waals surface area (Å²) in [5.41, 5.74) is 1.22. The second-order valence-corrected chi connectivity index (χ2v) is 5.34. The molecule has 1 aromatic carbocycles. The number of halogens is 2. The van der Waals surface area contributed by atoms with Gasteiger partial charge in [-0.2, -0.15) is 10.2 Å². The van der Waals surface area contributed by atoms with Crippen molar-refractivity contribution >= 4 is 49.3 Å². The van der Waals surface area contributed by atoms with Gasteiger partial charge in [0, 0.05) is 17.7 Å². The lowest BCUT2D eigenvalue weighted by atomic mass is 10.2. The first-order valence-corrected chi connectivity index (χ1v) is 6.89. The highest BCUT2D eigenvalue weighted by atomic mass is 79.9. The van der Waals surface area contributed by atoms with Gasteiger partial charge in [-0.1, -0.05) is 15.9 Å². The number of rotatable bonds is 3. The molecule has 96 valence electrons. The molecule has 0 saturated carbocycles. The molecule has 5 nitrogen and oxygen atoms in total. The molecule has 0 aliphatic heterocycles. The zero-order chi connectivity index (χ0) is 13.8. The summed E-state index contributed by atoms with van der Waals surface area (Å²) in [6, 6.07) is 7.56. The van der Waals surface area contributed by atoms with E-state index in [2.05, 4.69) is 58.5 Å². The third-order valence-corrected chi connectivity index (χ3v) is 3.40. The van der Waals surface area contributed by atoms with Crippen molar-refractivity contribution in [1.29, 1.82) is 5.26 Å². The van der Waals surface area contributed by atoms with Gasteiger partial charge < -0.3 is 10.6 Å². The van der Waals surface area contributed by atoms with Crippen LogP contribution in [0, 0.1) is 11.3 Å². The highest BCUT2D eigenvalue weighted by Crippen LogP contribution is 2.27. The SMILES string of the molecule is CNc1ncc(Br)c(Nc2ccc(Br)cc2C#N)n1. The minimum absolute atomic E-state index is 0.501. The van der Waals surface area contributed by atoms with Crippen LogP contribution in [0.1, 0.15) is 5.56 Å². The summed E-state index contributed by atoms with van der Waals surface area (Å²) in [5.74, 6) is 1.10. The predicted molar refractivity (Wildman–Crippen MR) is 81.4 cm³/mol. The number of aromatic nitrogens is 2. The lowest BCUT2D eigenvalue weighted by Crippen LogP contribution is -2.02. The number of anilines is 3. The first kappa shape index (κ1) is 13.8. The molecule has 2 aromatic rings. The standard InChI is InChI=1S/C12H9Br2N5/c1-16-12-17-6-9(14)11(19-12)18-10-3-2-8(13)4-7(10)5-15/h2-4,6H,1H3,(H2,16,17,18,19). The van der Waals surface area contributed by atoms with E-state index in [1.807, 2.05) is 12.1 Å².